The van der Waals surface area contributed by atoms with Gasteiger partial charge in [-0.2, -0.15) is 10.5 Å². The van der Waals surface area contributed by atoms with Crippen LogP contribution in [0.4, 0.5) is 0 Å². The van der Waals surface area contributed by atoms with Crippen LogP contribution in [0, 0.1) is 22.7 Å². The first-order valence-electron chi connectivity index (χ1n) is 3.76. The topological polar surface area (TPSA) is 52.0 Å². The molecule has 0 N–H and O–H groups in total. The van der Waals surface area contributed by atoms with Gasteiger partial charge in [0, 0.05) is 12.4 Å². The normalized spacial score (nSPS) is 9.38. The molecule has 2 aromatic heterocycles. The third-order valence-corrected chi connectivity index (χ3v) is 1.92. The summed E-state index contributed by atoms with van der Waals surface area (Å²) in [6.07, 6.45) is 3.48. The summed E-state index contributed by atoms with van der Waals surface area (Å²) in [6.45, 7) is 0. The van der Waals surface area contributed by atoms with E-state index in [1.807, 2.05) is 36.5 Å². The zero-order chi connectivity index (χ0) is 9.26. The van der Waals surface area contributed by atoms with Crippen LogP contribution in [0.5, 0.6) is 0 Å². The van der Waals surface area contributed by atoms with E-state index >= 15 is 0 Å². The van der Waals surface area contributed by atoms with Crippen LogP contribution in [0.25, 0.3) is 5.52 Å². The SMILES string of the molecule is N#Cc1cn2ccccc2c1C#N. The summed E-state index contributed by atoms with van der Waals surface area (Å²) in [6, 6.07) is 9.54. The second-order valence-corrected chi connectivity index (χ2v) is 2.63. The Labute approximate surface area is 75.1 Å². The molecular formula is C10H5N3. The number of fused-ring (bicyclic) bond motifs is 1. The standard InChI is InChI=1S/C10H5N3/c11-5-8-7-13-4-2-1-3-10(13)9(8)6-12/h1-4,7H. The molecule has 3 heteroatoms. The molecule has 2 aromatic rings. The highest BCUT2D eigenvalue weighted by atomic mass is 14.9. The molecule has 2 heterocycles. The molecule has 0 unspecified atom stereocenters. The fourth-order valence-electron chi connectivity index (χ4n) is 1.32. The highest BCUT2D eigenvalue weighted by Gasteiger charge is 2.07. The molecule has 0 spiro atoms. The van der Waals surface area contributed by atoms with E-state index in [1.165, 1.54) is 0 Å². The number of aromatic nitrogens is 1. The Bertz CT molecular complexity index is 537. The van der Waals surface area contributed by atoms with E-state index in [-0.39, 0.29) is 0 Å². The molecule has 0 atom stereocenters. The van der Waals surface area contributed by atoms with Gasteiger partial charge in [-0.25, -0.2) is 0 Å². The number of pyridine rings is 1. The van der Waals surface area contributed by atoms with Crippen LogP contribution < -0.4 is 0 Å². The van der Waals surface area contributed by atoms with Crippen molar-refractivity contribution in [1.82, 2.24) is 4.40 Å². The van der Waals surface area contributed by atoms with Crippen molar-refractivity contribution in [3.05, 3.63) is 41.7 Å². The van der Waals surface area contributed by atoms with Crippen molar-refractivity contribution in [2.24, 2.45) is 0 Å². The van der Waals surface area contributed by atoms with Gasteiger partial charge in [-0.1, -0.05) is 6.07 Å². The van der Waals surface area contributed by atoms with Gasteiger partial charge in [0.25, 0.3) is 0 Å². The fraction of sp³-hybridized carbons (Fsp3) is 0. The van der Waals surface area contributed by atoms with Gasteiger partial charge in [0.1, 0.15) is 12.1 Å². The van der Waals surface area contributed by atoms with Crippen LogP contribution >= 0.6 is 0 Å². The molecule has 3 nitrogen and oxygen atoms in total. The molecule has 0 aromatic carbocycles. The molecule has 0 fully saturated rings. The molecule has 0 radical (unpaired) electrons. The number of nitriles is 2. The van der Waals surface area contributed by atoms with Gasteiger partial charge in [0.2, 0.25) is 0 Å². The van der Waals surface area contributed by atoms with Crippen molar-refractivity contribution >= 4 is 5.52 Å². The van der Waals surface area contributed by atoms with E-state index in [9.17, 15) is 0 Å². The Balaban J connectivity index is 2.93. The predicted octanol–water partition coefficient (Wildman–Crippen LogP) is 1.68. The lowest BCUT2D eigenvalue weighted by molar-refractivity contribution is 1.19. The van der Waals surface area contributed by atoms with Crippen LogP contribution in [-0.2, 0) is 0 Å². The summed E-state index contributed by atoms with van der Waals surface area (Å²) in [5.41, 5.74) is 1.65. The third kappa shape index (κ3) is 0.953. The van der Waals surface area contributed by atoms with Gasteiger partial charge in [-0.15, -0.1) is 0 Å². The van der Waals surface area contributed by atoms with Crippen LogP contribution in [0.15, 0.2) is 30.6 Å². The lowest BCUT2D eigenvalue weighted by Gasteiger charge is -1.90. The molecule has 2 rings (SSSR count). The van der Waals surface area contributed by atoms with Crippen LogP contribution in [-0.4, -0.2) is 4.40 Å². The minimum atomic E-state index is 0.425. The first-order chi connectivity index (χ1) is 6.36. The number of nitrogens with zero attached hydrogens (tertiary/aromatic N) is 3. The Morgan fingerprint density at radius 2 is 2.00 bits per heavy atom. The zero-order valence-electron chi connectivity index (χ0n) is 6.73. The Morgan fingerprint density at radius 3 is 2.69 bits per heavy atom. The fourth-order valence-corrected chi connectivity index (χ4v) is 1.32. The Hall–Kier alpha value is -2.26. The summed E-state index contributed by atoms with van der Waals surface area (Å²) >= 11 is 0. The van der Waals surface area contributed by atoms with Crippen molar-refractivity contribution in [2.75, 3.05) is 0 Å². The summed E-state index contributed by atoms with van der Waals surface area (Å²) in [4.78, 5) is 0. The molecule has 0 bridgehead atoms. The summed E-state index contributed by atoms with van der Waals surface area (Å²) in [5, 5.41) is 17.6. The number of hydrogen-bond acceptors (Lipinski definition) is 2. The maximum Gasteiger partial charge on any atom is 0.103 e. The Morgan fingerprint density at radius 1 is 1.15 bits per heavy atom. The van der Waals surface area contributed by atoms with E-state index in [1.54, 1.807) is 10.6 Å². The molecule has 0 aliphatic heterocycles. The van der Waals surface area contributed by atoms with Gasteiger partial charge >= 0.3 is 0 Å². The molecule has 0 aliphatic carbocycles. The van der Waals surface area contributed by atoms with E-state index in [0.29, 0.717) is 11.1 Å². The minimum absolute atomic E-state index is 0.425. The van der Waals surface area contributed by atoms with Crippen molar-refractivity contribution in [1.29, 1.82) is 10.5 Å². The molecule has 13 heavy (non-hydrogen) atoms. The highest BCUT2D eigenvalue weighted by molar-refractivity contribution is 5.67. The Kier molecular flexibility index (Phi) is 1.51. The van der Waals surface area contributed by atoms with Crippen molar-refractivity contribution < 1.29 is 0 Å². The number of rotatable bonds is 0. The van der Waals surface area contributed by atoms with Crippen molar-refractivity contribution in [2.45, 2.75) is 0 Å². The van der Waals surface area contributed by atoms with Crippen LogP contribution in [0.3, 0.4) is 0 Å². The molecule has 60 valence electrons. The van der Waals surface area contributed by atoms with E-state index in [4.69, 9.17) is 10.5 Å². The molecule has 0 saturated heterocycles. The number of hydrogen-bond donors (Lipinski definition) is 0. The lowest BCUT2D eigenvalue weighted by Crippen LogP contribution is -1.79. The molecular weight excluding hydrogens is 162 g/mol. The maximum atomic E-state index is 8.82. The van der Waals surface area contributed by atoms with Crippen molar-refractivity contribution in [3.8, 4) is 12.1 Å². The van der Waals surface area contributed by atoms with Gasteiger partial charge in [-0.05, 0) is 12.1 Å². The van der Waals surface area contributed by atoms with E-state index < -0.39 is 0 Å². The average Bonchev–Trinajstić information content (AvgIpc) is 2.55. The summed E-state index contributed by atoms with van der Waals surface area (Å²) < 4.78 is 1.77. The average molecular weight is 167 g/mol. The monoisotopic (exact) mass is 167 g/mol. The van der Waals surface area contributed by atoms with E-state index in [0.717, 1.165) is 5.52 Å². The molecule has 0 amide bonds. The molecule has 0 saturated carbocycles. The highest BCUT2D eigenvalue weighted by Crippen LogP contribution is 2.16. The first kappa shape index (κ1) is 7.39. The third-order valence-electron chi connectivity index (χ3n) is 1.92. The van der Waals surface area contributed by atoms with E-state index in [2.05, 4.69) is 0 Å². The van der Waals surface area contributed by atoms with Gasteiger partial charge in [-0.3, -0.25) is 0 Å². The smallest absolute Gasteiger partial charge is 0.103 e. The van der Waals surface area contributed by atoms with Crippen LogP contribution in [0.1, 0.15) is 11.1 Å². The lowest BCUT2D eigenvalue weighted by atomic mass is 10.2. The zero-order valence-corrected chi connectivity index (χ0v) is 6.73. The summed E-state index contributed by atoms with van der Waals surface area (Å²) in [7, 11) is 0. The van der Waals surface area contributed by atoms with Crippen molar-refractivity contribution in [3.63, 3.8) is 0 Å². The molecule has 0 aliphatic rings. The largest absolute Gasteiger partial charge is 0.321 e. The first-order valence-corrected chi connectivity index (χ1v) is 3.76. The summed E-state index contributed by atoms with van der Waals surface area (Å²) in [5.74, 6) is 0. The minimum Gasteiger partial charge on any atom is -0.321 e. The predicted molar refractivity (Wildman–Crippen MR) is 46.8 cm³/mol. The van der Waals surface area contributed by atoms with Gasteiger partial charge in [0.05, 0.1) is 16.6 Å². The van der Waals surface area contributed by atoms with Gasteiger partial charge in [0.15, 0.2) is 0 Å². The van der Waals surface area contributed by atoms with Gasteiger partial charge < -0.3 is 4.40 Å². The maximum absolute atomic E-state index is 8.82. The van der Waals surface area contributed by atoms with Crippen LogP contribution in [0.2, 0.25) is 0 Å². The quantitative estimate of drug-likeness (QED) is 0.599. The second-order valence-electron chi connectivity index (χ2n) is 2.63. The second kappa shape index (κ2) is 2.66.